The Bertz CT molecular complexity index is 1540. The molecule has 1 amide bonds. The zero-order valence-corrected chi connectivity index (χ0v) is 23.9. The second kappa shape index (κ2) is 12.1. The highest BCUT2D eigenvalue weighted by Crippen LogP contribution is 2.39. The minimum atomic E-state index is -3.60. The highest BCUT2D eigenvalue weighted by molar-refractivity contribution is 7.91. The van der Waals surface area contributed by atoms with Crippen molar-refractivity contribution in [3.63, 3.8) is 0 Å². The molecule has 204 valence electrons. The molecule has 3 aromatic rings. The van der Waals surface area contributed by atoms with E-state index >= 15 is 0 Å². The van der Waals surface area contributed by atoms with Gasteiger partial charge in [0.05, 0.1) is 43.9 Å². The predicted octanol–water partition coefficient (Wildman–Crippen LogP) is 5.76. The Morgan fingerprint density at radius 2 is 1.42 bits per heavy atom. The zero-order chi connectivity index (χ0) is 28.3. The Morgan fingerprint density at radius 1 is 0.895 bits per heavy atom. The van der Waals surface area contributed by atoms with E-state index in [-0.39, 0.29) is 54.8 Å². The number of methoxy groups -OCH3 is 1. The molecule has 1 unspecified atom stereocenters. The lowest BCUT2D eigenvalue weighted by Gasteiger charge is -2.18. The van der Waals surface area contributed by atoms with Gasteiger partial charge < -0.3 is 10.1 Å². The summed E-state index contributed by atoms with van der Waals surface area (Å²) in [5.74, 6) is -2.26. The van der Waals surface area contributed by atoms with Crippen molar-refractivity contribution >= 4 is 54.5 Å². The lowest BCUT2D eigenvalue weighted by atomic mass is 9.98. The third-order valence-electron chi connectivity index (χ3n) is 5.93. The van der Waals surface area contributed by atoms with E-state index in [9.17, 15) is 26.0 Å². The van der Waals surface area contributed by atoms with Crippen LogP contribution in [-0.2, 0) is 29.2 Å². The van der Waals surface area contributed by atoms with Crippen LogP contribution in [0.25, 0.3) is 11.1 Å². The van der Waals surface area contributed by atoms with Gasteiger partial charge in [0.25, 0.3) is 0 Å². The number of carbonyl (C=O) groups excluding carboxylic acids is 1. The summed E-state index contributed by atoms with van der Waals surface area (Å²) < 4.78 is 68.4. The first-order valence-electron chi connectivity index (χ1n) is 11.5. The van der Waals surface area contributed by atoms with Gasteiger partial charge in [-0.25, -0.2) is 21.2 Å². The lowest BCUT2D eigenvalue weighted by Crippen LogP contribution is -2.24. The molecular weight excluding hydrogens is 576 g/mol. The molecule has 1 atom stereocenters. The van der Waals surface area contributed by atoms with Crippen LogP contribution >= 0.6 is 23.2 Å². The molecule has 3 rings (SSSR count). The van der Waals surface area contributed by atoms with Crippen LogP contribution in [0.2, 0.25) is 10.0 Å². The molecule has 0 heterocycles. The SMILES string of the molecule is CCS(=O)(=O)c1ccc(C(COC)C(=O)Nc2cc(Cl)c(-c3ccc(S(=O)(=O)CC)cc3F)c(Cl)c2)cc1. The van der Waals surface area contributed by atoms with Crippen molar-refractivity contribution in [2.24, 2.45) is 0 Å². The minimum absolute atomic E-state index is 0.00677. The van der Waals surface area contributed by atoms with E-state index in [0.29, 0.717) is 5.56 Å². The molecule has 0 aliphatic rings. The summed E-state index contributed by atoms with van der Waals surface area (Å²) in [6, 6.07) is 12.3. The molecular formula is C26H26Cl2FNO6S2. The number of halogens is 3. The number of nitrogens with one attached hydrogen (secondary N) is 1. The third kappa shape index (κ3) is 6.55. The van der Waals surface area contributed by atoms with Gasteiger partial charge in [-0.15, -0.1) is 0 Å². The number of carbonyl (C=O) groups is 1. The largest absolute Gasteiger partial charge is 0.384 e. The van der Waals surface area contributed by atoms with Gasteiger partial charge in [0, 0.05) is 23.9 Å². The van der Waals surface area contributed by atoms with Gasteiger partial charge in [0.1, 0.15) is 5.82 Å². The number of ether oxygens (including phenoxy) is 1. The van der Waals surface area contributed by atoms with Gasteiger partial charge in [-0.3, -0.25) is 4.79 Å². The summed E-state index contributed by atoms with van der Waals surface area (Å²) in [6.07, 6.45) is 0. The highest BCUT2D eigenvalue weighted by Gasteiger charge is 2.24. The number of hydrogen-bond acceptors (Lipinski definition) is 6. The van der Waals surface area contributed by atoms with E-state index < -0.39 is 37.3 Å². The third-order valence-corrected chi connectivity index (χ3v) is 10.0. The molecule has 0 spiro atoms. The number of sulfone groups is 2. The fourth-order valence-corrected chi connectivity index (χ4v) is 6.22. The van der Waals surface area contributed by atoms with E-state index in [1.54, 1.807) is 19.1 Å². The number of amides is 1. The van der Waals surface area contributed by atoms with Gasteiger partial charge in [-0.05, 0) is 42.0 Å². The summed E-state index contributed by atoms with van der Waals surface area (Å²) in [5, 5.41) is 2.79. The molecule has 0 fully saturated rings. The summed E-state index contributed by atoms with van der Waals surface area (Å²) in [6.45, 7) is 3.03. The molecule has 0 saturated carbocycles. The van der Waals surface area contributed by atoms with Crippen LogP contribution in [0, 0.1) is 5.82 Å². The molecule has 0 saturated heterocycles. The van der Waals surface area contributed by atoms with Gasteiger partial charge in [0.2, 0.25) is 5.91 Å². The predicted molar refractivity (Wildman–Crippen MR) is 147 cm³/mol. The van der Waals surface area contributed by atoms with Crippen molar-refractivity contribution in [1.82, 2.24) is 0 Å². The van der Waals surface area contributed by atoms with Crippen LogP contribution in [0.1, 0.15) is 25.3 Å². The molecule has 0 aliphatic heterocycles. The van der Waals surface area contributed by atoms with E-state index in [1.165, 1.54) is 50.4 Å². The summed E-state index contributed by atoms with van der Waals surface area (Å²) in [4.78, 5) is 13.1. The topological polar surface area (TPSA) is 107 Å². The fraction of sp³-hybridized carbons (Fsp3) is 0.269. The summed E-state index contributed by atoms with van der Waals surface area (Å²) >= 11 is 12.8. The Labute approximate surface area is 231 Å². The van der Waals surface area contributed by atoms with Crippen molar-refractivity contribution in [3.05, 3.63) is 76.0 Å². The average molecular weight is 603 g/mol. The van der Waals surface area contributed by atoms with Gasteiger partial charge >= 0.3 is 0 Å². The Balaban J connectivity index is 1.89. The van der Waals surface area contributed by atoms with Gasteiger partial charge in [-0.1, -0.05) is 55.2 Å². The smallest absolute Gasteiger partial charge is 0.234 e. The lowest BCUT2D eigenvalue weighted by molar-refractivity contribution is -0.118. The maximum atomic E-state index is 14.9. The average Bonchev–Trinajstić information content (AvgIpc) is 2.87. The molecule has 0 radical (unpaired) electrons. The number of hydrogen-bond donors (Lipinski definition) is 1. The number of rotatable bonds is 10. The number of anilines is 1. The first-order chi connectivity index (χ1) is 17.8. The molecule has 12 heteroatoms. The minimum Gasteiger partial charge on any atom is -0.384 e. The van der Waals surface area contributed by atoms with Crippen molar-refractivity contribution in [3.8, 4) is 11.1 Å². The number of benzene rings is 3. The molecule has 3 aromatic carbocycles. The standard InChI is InChI=1S/C26H26Cl2FNO6S2/c1-4-37(32,33)18-8-6-16(7-9-18)21(15-36-3)26(31)30-17-12-22(27)25(23(28)13-17)20-11-10-19(14-24(20)29)38(34,35)5-2/h6-14,21H,4-5,15H2,1-3H3,(H,30,31). The molecule has 0 aliphatic carbocycles. The zero-order valence-electron chi connectivity index (χ0n) is 20.8. The van der Waals surface area contributed by atoms with E-state index in [4.69, 9.17) is 27.9 Å². The molecule has 0 bridgehead atoms. The van der Waals surface area contributed by atoms with Crippen LogP contribution in [0.4, 0.5) is 10.1 Å². The molecule has 0 aromatic heterocycles. The fourth-order valence-electron chi connectivity index (χ4n) is 3.75. The van der Waals surface area contributed by atoms with Crippen molar-refractivity contribution in [2.75, 3.05) is 30.5 Å². The van der Waals surface area contributed by atoms with E-state index in [1.807, 2.05) is 0 Å². The summed E-state index contributed by atoms with van der Waals surface area (Å²) in [5.41, 5.74) is 0.931. The van der Waals surface area contributed by atoms with Crippen LogP contribution in [0.5, 0.6) is 0 Å². The first-order valence-corrected chi connectivity index (χ1v) is 15.5. The van der Waals surface area contributed by atoms with Crippen LogP contribution in [0.15, 0.2) is 64.4 Å². The molecule has 7 nitrogen and oxygen atoms in total. The van der Waals surface area contributed by atoms with Crippen molar-refractivity contribution < 1.29 is 30.8 Å². The quantitative estimate of drug-likeness (QED) is 0.317. The second-order valence-corrected chi connectivity index (χ2v) is 13.7. The summed E-state index contributed by atoms with van der Waals surface area (Å²) in [7, 11) is -5.56. The Kier molecular flexibility index (Phi) is 9.59. The maximum Gasteiger partial charge on any atom is 0.234 e. The molecule has 38 heavy (non-hydrogen) atoms. The monoisotopic (exact) mass is 601 g/mol. The second-order valence-electron chi connectivity index (χ2n) is 8.33. The Hall–Kier alpha value is -2.50. The Morgan fingerprint density at radius 3 is 1.92 bits per heavy atom. The highest BCUT2D eigenvalue weighted by atomic mass is 35.5. The van der Waals surface area contributed by atoms with Crippen LogP contribution < -0.4 is 5.32 Å². The van der Waals surface area contributed by atoms with Gasteiger partial charge in [0.15, 0.2) is 19.7 Å². The normalized spacial score (nSPS) is 12.8. The van der Waals surface area contributed by atoms with Crippen molar-refractivity contribution in [2.45, 2.75) is 29.6 Å². The van der Waals surface area contributed by atoms with Gasteiger partial charge in [-0.2, -0.15) is 0 Å². The van der Waals surface area contributed by atoms with Crippen LogP contribution in [-0.4, -0.2) is 48.0 Å². The van der Waals surface area contributed by atoms with E-state index in [2.05, 4.69) is 5.32 Å². The van der Waals surface area contributed by atoms with E-state index in [0.717, 1.165) is 6.07 Å². The van der Waals surface area contributed by atoms with Crippen LogP contribution in [0.3, 0.4) is 0 Å². The molecule has 1 N–H and O–H groups in total. The maximum absolute atomic E-state index is 14.9. The first kappa shape index (κ1) is 30.0. The van der Waals surface area contributed by atoms with Crippen molar-refractivity contribution in [1.29, 1.82) is 0 Å².